The molecule has 11 nitrogen and oxygen atoms in total. The number of carbonyl (C=O) groups excluding carboxylic acids is 1. The maximum atomic E-state index is 12.7. The van der Waals surface area contributed by atoms with E-state index in [9.17, 15) is 21.6 Å². The molecular formula is C20H27N5O6S2. The lowest BCUT2D eigenvalue weighted by atomic mass is 10.3. The fourth-order valence-corrected chi connectivity index (χ4v) is 5.79. The molecule has 1 N–H and O–H groups in total. The summed E-state index contributed by atoms with van der Waals surface area (Å²) in [5.74, 6) is -0.162. The number of hydrogen-bond acceptors (Lipinski definition) is 8. The van der Waals surface area contributed by atoms with Crippen molar-refractivity contribution in [2.24, 2.45) is 0 Å². The molecule has 0 unspecified atom stereocenters. The Kier molecular flexibility index (Phi) is 7.69. The Morgan fingerprint density at radius 3 is 2.39 bits per heavy atom. The number of sulfonamides is 2. The maximum Gasteiger partial charge on any atom is 0.246 e. The molecule has 0 spiro atoms. The van der Waals surface area contributed by atoms with Crippen molar-refractivity contribution < 1.29 is 26.4 Å². The van der Waals surface area contributed by atoms with Gasteiger partial charge in [-0.2, -0.15) is 4.31 Å². The highest BCUT2D eigenvalue weighted by atomic mass is 32.2. The van der Waals surface area contributed by atoms with Crippen LogP contribution in [0.3, 0.4) is 0 Å². The van der Waals surface area contributed by atoms with Crippen LogP contribution in [-0.2, 0) is 24.8 Å². The van der Waals surface area contributed by atoms with Crippen molar-refractivity contribution in [3.05, 3.63) is 42.7 Å². The van der Waals surface area contributed by atoms with Crippen LogP contribution in [0.2, 0.25) is 0 Å². The Morgan fingerprint density at radius 2 is 1.82 bits per heavy atom. The van der Waals surface area contributed by atoms with Gasteiger partial charge in [0.2, 0.25) is 26.0 Å². The van der Waals surface area contributed by atoms with Crippen LogP contribution in [0.15, 0.2) is 52.5 Å². The van der Waals surface area contributed by atoms with Crippen LogP contribution in [0.4, 0.5) is 5.69 Å². The molecule has 1 aromatic carbocycles. The molecule has 13 heteroatoms. The average Bonchev–Trinajstić information content (AvgIpc) is 2.79. The van der Waals surface area contributed by atoms with Gasteiger partial charge >= 0.3 is 0 Å². The summed E-state index contributed by atoms with van der Waals surface area (Å²) in [6.45, 7) is 1.31. The molecule has 33 heavy (non-hydrogen) atoms. The molecule has 1 fully saturated rings. The molecule has 1 saturated heterocycles. The predicted molar refractivity (Wildman–Crippen MR) is 122 cm³/mol. The number of benzene rings is 1. The Morgan fingerprint density at radius 1 is 1.12 bits per heavy atom. The predicted octanol–water partition coefficient (Wildman–Crippen LogP) is 0.286. The molecular weight excluding hydrogens is 470 g/mol. The number of amides is 1. The normalized spacial score (nSPS) is 16.0. The minimum atomic E-state index is -3.77. The van der Waals surface area contributed by atoms with E-state index in [1.807, 2.05) is 4.90 Å². The fourth-order valence-electron chi connectivity index (χ4n) is 3.33. The minimum absolute atomic E-state index is 0.0442. The summed E-state index contributed by atoms with van der Waals surface area (Å²) in [6.07, 6.45) is 2.83. The first-order valence-electron chi connectivity index (χ1n) is 10.1. The second-order valence-corrected chi connectivity index (χ2v) is 11.6. The van der Waals surface area contributed by atoms with Crippen molar-refractivity contribution >= 4 is 31.6 Å². The lowest BCUT2D eigenvalue weighted by molar-refractivity contribution is -0.117. The lowest BCUT2D eigenvalue weighted by Gasteiger charge is -2.33. The first-order chi connectivity index (χ1) is 15.6. The van der Waals surface area contributed by atoms with E-state index in [1.54, 1.807) is 12.1 Å². The number of nitrogens with zero attached hydrogens (tertiary/aromatic N) is 4. The van der Waals surface area contributed by atoms with E-state index < -0.39 is 20.0 Å². The third-order valence-electron chi connectivity index (χ3n) is 5.18. The van der Waals surface area contributed by atoms with E-state index in [1.165, 1.54) is 56.1 Å². The van der Waals surface area contributed by atoms with Gasteiger partial charge in [0.15, 0.2) is 0 Å². The highest BCUT2D eigenvalue weighted by molar-refractivity contribution is 7.89. The molecule has 2 aromatic rings. The van der Waals surface area contributed by atoms with E-state index in [0.717, 1.165) is 4.31 Å². The topological polar surface area (TPSA) is 129 Å². The highest BCUT2D eigenvalue weighted by Gasteiger charge is 2.29. The summed E-state index contributed by atoms with van der Waals surface area (Å²) in [7, 11) is -3.20. The van der Waals surface area contributed by atoms with Gasteiger partial charge < -0.3 is 10.1 Å². The van der Waals surface area contributed by atoms with Crippen LogP contribution in [0, 0.1) is 0 Å². The summed E-state index contributed by atoms with van der Waals surface area (Å²) in [4.78, 5) is 18.3. The summed E-state index contributed by atoms with van der Waals surface area (Å²) in [5.41, 5.74) is 0.319. The molecule has 3 rings (SSSR count). The molecule has 0 saturated carbocycles. The van der Waals surface area contributed by atoms with E-state index >= 15 is 0 Å². The van der Waals surface area contributed by atoms with Gasteiger partial charge in [-0.15, -0.1) is 0 Å². The lowest BCUT2D eigenvalue weighted by Crippen LogP contribution is -2.50. The second-order valence-electron chi connectivity index (χ2n) is 7.57. The number of nitrogens with one attached hydrogen (secondary N) is 1. The Labute approximate surface area is 194 Å². The molecule has 180 valence electrons. The Balaban J connectivity index is 1.61. The largest absolute Gasteiger partial charge is 0.495 e. The zero-order valence-corrected chi connectivity index (χ0v) is 20.3. The van der Waals surface area contributed by atoms with Crippen molar-refractivity contribution in [1.29, 1.82) is 0 Å². The second kappa shape index (κ2) is 10.1. The molecule has 1 amide bonds. The number of carbonyl (C=O) groups is 1. The zero-order chi connectivity index (χ0) is 24.2. The Hall–Kier alpha value is -2.58. The molecule has 2 heterocycles. The molecule has 0 aliphatic carbocycles. The van der Waals surface area contributed by atoms with Gasteiger partial charge in [-0.25, -0.2) is 21.1 Å². The molecule has 0 radical (unpaired) electrons. The molecule has 1 aliphatic heterocycles. The summed E-state index contributed by atoms with van der Waals surface area (Å²) >= 11 is 0. The van der Waals surface area contributed by atoms with Gasteiger partial charge in [-0.05, 0) is 30.3 Å². The maximum absolute atomic E-state index is 12.7. The summed E-state index contributed by atoms with van der Waals surface area (Å²) in [6, 6.07) is 7.46. The van der Waals surface area contributed by atoms with Crippen LogP contribution < -0.4 is 10.1 Å². The number of aromatic nitrogens is 1. The number of piperazine rings is 1. The number of rotatable bonds is 8. The van der Waals surface area contributed by atoms with E-state index in [2.05, 4.69) is 10.3 Å². The molecule has 1 aromatic heterocycles. The third kappa shape index (κ3) is 5.68. The SMILES string of the molecule is COc1ccc(NC(=O)CN2CCN(S(=O)(=O)c3cccnc3)CC2)cc1S(=O)(=O)N(C)C. The van der Waals surface area contributed by atoms with Gasteiger partial charge in [-0.3, -0.25) is 14.7 Å². The van der Waals surface area contributed by atoms with Crippen LogP contribution >= 0.6 is 0 Å². The monoisotopic (exact) mass is 497 g/mol. The van der Waals surface area contributed by atoms with Crippen molar-refractivity contribution in [1.82, 2.24) is 18.5 Å². The smallest absolute Gasteiger partial charge is 0.246 e. The number of pyridine rings is 1. The van der Waals surface area contributed by atoms with Crippen molar-refractivity contribution in [3.63, 3.8) is 0 Å². The fraction of sp³-hybridized carbons (Fsp3) is 0.400. The first-order valence-corrected chi connectivity index (χ1v) is 13.0. The van der Waals surface area contributed by atoms with Gasteiger partial charge in [-0.1, -0.05) is 0 Å². The van der Waals surface area contributed by atoms with Crippen molar-refractivity contribution in [3.8, 4) is 5.75 Å². The van der Waals surface area contributed by atoms with E-state index in [0.29, 0.717) is 18.8 Å². The average molecular weight is 498 g/mol. The van der Waals surface area contributed by atoms with Gasteiger partial charge in [0.05, 0.1) is 13.7 Å². The molecule has 0 bridgehead atoms. The number of anilines is 1. The van der Waals surface area contributed by atoms with Crippen LogP contribution in [0.25, 0.3) is 0 Å². The zero-order valence-electron chi connectivity index (χ0n) is 18.6. The quantitative estimate of drug-likeness (QED) is 0.551. The summed E-state index contributed by atoms with van der Waals surface area (Å²) in [5, 5.41) is 2.70. The number of ether oxygens (including phenoxy) is 1. The highest BCUT2D eigenvalue weighted by Crippen LogP contribution is 2.29. The van der Waals surface area contributed by atoms with Crippen LogP contribution in [0.5, 0.6) is 5.75 Å². The first kappa shape index (κ1) is 25.1. The molecule has 1 aliphatic rings. The summed E-state index contributed by atoms with van der Waals surface area (Å²) < 4.78 is 58.1. The van der Waals surface area contributed by atoms with Crippen molar-refractivity contribution in [2.75, 3.05) is 59.2 Å². The van der Waals surface area contributed by atoms with Gasteiger partial charge in [0.1, 0.15) is 15.5 Å². The van der Waals surface area contributed by atoms with Crippen LogP contribution in [-0.4, -0.2) is 95.2 Å². The van der Waals surface area contributed by atoms with Crippen molar-refractivity contribution in [2.45, 2.75) is 9.79 Å². The number of hydrogen-bond donors (Lipinski definition) is 1. The van der Waals surface area contributed by atoms with Gasteiger partial charge in [0.25, 0.3) is 0 Å². The van der Waals surface area contributed by atoms with E-state index in [4.69, 9.17) is 4.74 Å². The molecule has 0 atom stereocenters. The minimum Gasteiger partial charge on any atom is -0.495 e. The Bertz CT molecular complexity index is 1190. The van der Waals surface area contributed by atoms with Crippen LogP contribution in [0.1, 0.15) is 0 Å². The number of methoxy groups -OCH3 is 1. The van der Waals surface area contributed by atoms with Gasteiger partial charge in [0, 0.05) is 58.4 Å². The third-order valence-corrected chi connectivity index (χ3v) is 8.90. The van der Waals surface area contributed by atoms with E-state index in [-0.39, 0.29) is 41.1 Å². The standard InChI is InChI=1S/C20H27N5O6S2/c1-23(2)33(29,30)19-13-16(6-7-18(19)31-3)22-20(26)15-24-9-11-25(12-10-24)32(27,28)17-5-4-8-21-14-17/h4-8,13-14H,9-12,15H2,1-3H3,(H,22,26).